The normalized spacial score (nSPS) is 28.2. The maximum Gasteiger partial charge on any atom is 0.213 e. The molecule has 4 nitrogen and oxygen atoms in total. The van der Waals surface area contributed by atoms with Crippen molar-refractivity contribution in [3.63, 3.8) is 0 Å². The topological polar surface area (TPSA) is 58.2 Å². The highest BCUT2D eigenvalue weighted by atomic mass is 32.2. The fourth-order valence-corrected chi connectivity index (χ4v) is 4.05. The summed E-state index contributed by atoms with van der Waals surface area (Å²) < 4.78 is 27.0. The van der Waals surface area contributed by atoms with Crippen LogP contribution < -0.4 is 10.0 Å². The lowest BCUT2D eigenvalue weighted by atomic mass is 9.74. The largest absolute Gasteiger partial charge is 0.313 e. The summed E-state index contributed by atoms with van der Waals surface area (Å²) in [5.41, 5.74) is 0.0925. The fraction of sp³-hybridized carbons (Fsp3) is 1.00. The van der Waals surface area contributed by atoms with Crippen molar-refractivity contribution in [3.05, 3.63) is 0 Å². The van der Waals surface area contributed by atoms with Gasteiger partial charge in [-0.3, -0.25) is 0 Å². The number of rotatable bonds is 6. The molecule has 0 saturated heterocycles. The molecule has 0 aromatic carbocycles. The Morgan fingerprint density at radius 2 is 1.89 bits per heavy atom. The molecular weight excluding hydrogens is 248 g/mol. The molecule has 1 atom stereocenters. The summed E-state index contributed by atoms with van der Waals surface area (Å²) in [4.78, 5) is 0. The zero-order chi connectivity index (χ0) is 13.2. The van der Waals surface area contributed by atoms with E-state index in [1.165, 1.54) is 19.3 Å². The first-order valence-electron chi connectivity index (χ1n) is 7.12. The van der Waals surface area contributed by atoms with Gasteiger partial charge in [-0.05, 0) is 31.1 Å². The molecule has 106 valence electrons. The Morgan fingerprint density at radius 1 is 1.17 bits per heavy atom. The van der Waals surface area contributed by atoms with Crippen LogP contribution in [0.4, 0.5) is 0 Å². The number of nitrogens with one attached hydrogen (secondary N) is 2. The molecule has 2 rings (SSSR count). The van der Waals surface area contributed by atoms with Crippen LogP contribution in [-0.4, -0.2) is 32.8 Å². The van der Waals surface area contributed by atoms with Crippen LogP contribution in [0.1, 0.15) is 52.4 Å². The third-order valence-corrected chi connectivity index (χ3v) is 5.60. The lowest BCUT2D eigenvalue weighted by Gasteiger charge is -2.38. The van der Waals surface area contributed by atoms with Crippen LogP contribution in [0.15, 0.2) is 0 Å². The second-order valence-corrected chi connectivity index (χ2v) is 8.33. The zero-order valence-corrected chi connectivity index (χ0v) is 12.4. The van der Waals surface area contributed by atoms with Gasteiger partial charge in [0.2, 0.25) is 10.0 Å². The van der Waals surface area contributed by atoms with E-state index in [-0.39, 0.29) is 17.2 Å². The molecule has 0 radical (unpaired) electrons. The molecule has 2 N–H and O–H groups in total. The fourth-order valence-electron chi connectivity index (χ4n) is 2.67. The highest BCUT2D eigenvalue weighted by Gasteiger charge is 2.34. The van der Waals surface area contributed by atoms with Crippen molar-refractivity contribution >= 4 is 10.0 Å². The first-order valence-corrected chi connectivity index (χ1v) is 8.78. The molecule has 2 aliphatic carbocycles. The highest BCUT2D eigenvalue weighted by molar-refractivity contribution is 7.89. The zero-order valence-electron chi connectivity index (χ0n) is 11.5. The Kier molecular flexibility index (Phi) is 4.34. The summed E-state index contributed by atoms with van der Waals surface area (Å²) >= 11 is 0. The van der Waals surface area contributed by atoms with Crippen molar-refractivity contribution in [2.45, 2.75) is 64.5 Å². The minimum atomic E-state index is -3.13. The third kappa shape index (κ3) is 4.21. The SMILES string of the molecule is CC1(C)CCCCC1NS(=O)(=O)CCNC1CC1. The van der Waals surface area contributed by atoms with E-state index in [9.17, 15) is 8.42 Å². The van der Waals surface area contributed by atoms with Gasteiger partial charge in [0.25, 0.3) is 0 Å². The first kappa shape index (κ1) is 14.3. The minimum Gasteiger partial charge on any atom is -0.313 e. The van der Waals surface area contributed by atoms with Crippen LogP contribution in [0.2, 0.25) is 0 Å². The summed E-state index contributed by atoms with van der Waals surface area (Å²) in [6.45, 7) is 4.91. The molecule has 0 amide bonds. The van der Waals surface area contributed by atoms with Gasteiger partial charge in [0.15, 0.2) is 0 Å². The summed E-state index contributed by atoms with van der Waals surface area (Å²) in [7, 11) is -3.13. The minimum absolute atomic E-state index is 0.0925. The molecule has 18 heavy (non-hydrogen) atoms. The van der Waals surface area contributed by atoms with Crippen LogP contribution in [0.5, 0.6) is 0 Å². The second-order valence-electron chi connectivity index (χ2n) is 6.45. The average molecular weight is 274 g/mol. The van der Waals surface area contributed by atoms with E-state index in [1.807, 2.05) is 0 Å². The van der Waals surface area contributed by atoms with E-state index < -0.39 is 10.0 Å². The van der Waals surface area contributed by atoms with Gasteiger partial charge in [-0.25, -0.2) is 13.1 Å². The molecule has 2 aliphatic rings. The lowest BCUT2D eigenvalue weighted by Crippen LogP contribution is -2.48. The van der Waals surface area contributed by atoms with Crippen molar-refractivity contribution < 1.29 is 8.42 Å². The molecule has 0 heterocycles. The summed E-state index contributed by atoms with van der Waals surface area (Å²) in [5, 5.41) is 3.25. The van der Waals surface area contributed by atoms with Gasteiger partial charge in [-0.2, -0.15) is 0 Å². The molecule has 5 heteroatoms. The molecule has 0 spiro atoms. The molecule has 0 bridgehead atoms. The molecule has 0 aromatic rings. The first-order chi connectivity index (χ1) is 8.39. The molecular formula is C13H26N2O2S. The Labute approximate surface area is 111 Å². The molecule has 2 fully saturated rings. The Hall–Kier alpha value is -0.130. The average Bonchev–Trinajstić information content (AvgIpc) is 3.04. The van der Waals surface area contributed by atoms with Gasteiger partial charge >= 0.3 is 0 Å². The van der Waals surface area contributed by atoms with E-state index >= 15 is 0 Å². The van der Waals surface area contributed by atoms with Gasteiger partial charge in [-0.1, -0.05) is 26.7 Å². The van der Waals surface area contributed by atoms with E-state index in [0.29, 0.717) is 12.6 Å². The van der Waals surface area contributed by atoms with E-state index in [4.69, 9.17) is 0 Å². The number of hydrogen-bond donors (Lipinski definition) is 2. The van der Waals surface area contributed by atoms with Crippen molar-refractivity contribution in [2.75, 3.05) is 12.3 Å². The Balaban J connectivity index is 1.81. The van der Waals surface area contributed by atoms with Crippen LogP contribution in [0, 0.1) is 5.41 Å². The van der Waals surface area contributed by atoms with Crippen LogP contribution in [0.3, 0.4) is 0 Å². The van der Waals surface area contributed by atoms with Crippen molar-refractivity contribution in [1.82, 2.24) is 10.0 Å². The van der Waals surface area contributed by atoms with Gasteiger partial charge in [-0.15, -0.1) is 0 Å². The van der Waals surface area contributed by atoms with Crippen LogP contribution in [-0.2, 0) is 10.0 Å². The predicted molar refractivity (Wildman–Crippen MR) is 74.0 cm³/mol. The predicted octanol–water partition coefficient (Wildman–Crippen LogP) is 1.63. The summed E-state index contributed by atoms with van der Waals surface area (Å²) in [5.74, 6) is 0.204. The molecule has 2 saturated carbocycles. The van der Waals surface area contributed by atoms with E-state index in [1.54, 1.807) is 0 Å². The molecule has 1 unspecified atom stereocenters. The summed E-state index contributed by atoms with van der Waals surface area (Å²) in [6.07, 6.45) is 6.83. The van der Waals surface area contributed by atoms with Gasteiger partial charge in [0.1, 0.15) is 0 Å². The molecule has 0 aromatic heterocycles. The number of sulfonamides is 1. The summed E-state index contributed by atoms with van der Waals surface area (Å²) in [6, 6.07) is 0.684. The van der Waals surface area contributed by atoms with Crippen LogP contribution in [0.25, 0.3) is 0 Å². The maximum absolute atomic E-state index is 12.0. The van der Waals surface area contributed by atoms with Crippen molar-refractivity contribution in [3.8, 4) is 0 Å². The Bertz CT molecular complexity index is 374. The maximum atomic E-state index is 12.0. The smallest absolute Gasteiger partial charge is 0.213 e. The quantitative estimate of drug-likeness (QED) is 0.774. The second kappa shape index (κ2) is 5.47. The van der Waals surface area contributed by atoms with E-state index in [2.05, 4.69) is 23.9 Å². The highest BCUT2D eigenvalue weighted by Crippen LogP contribution is 2.35. The lowest BCUT2D eigenvalue weighted by molar-refractivity contribution is 0.188. The van der Waals surface area contributed by atoms with Gasteiger partial charge < -0.3 is 5.32 Å². The van der Waals surface area contributed by atoms with Gasteiger partial charge in [0, 0.05) is 18.6 Å². The van der Waals surface area contributed by atoms with E-state index in [0.717, 1.165) is 19.3 Å². The van der Waals surface area contributed by atoms with Gasteiger partial charge in [0.05, 0.1) is 5.75 Å². The third-order valence-electron chi connectivity index (χ3n) is 4.21. The molecule has 0 aliphatic heterocycles. The Morgan fingerprint density at radius 3 is 2.50 bits per heavy atom. The van der Waals surface area contributed by atoms with Crippen molar-refractivity contribution in [1.29, 1.82) is 0 Å². The monoisotopic (exact) mass is 274 g/mol. The number of hydrogen-bond acceptors (Lipinski definition) is 3. The standard InChI is InChI=1S/C13H26N2O2S/c1-13(2)8-4-3-5-12(13)15-18(16,17)10-9-14-11-6-7-11/h11-12,14-15H,3-10H2,1-2H3. The van der Waals surface area contributed by atoms with Crippen LogP contribution >= 0.6 is 0 Å². The van der Waals surface area contributed by atoms with Crippen molar-refractivity contribution in [2.24, 2.45) is 5.41 Å².